The maximum atomic E-state index is 6.76. The van der Waals surface area contributed by atoms with E-state index in [9.17, 15) is 0 Å². The zero-order valence-corrected chi connectivity index (χ0v) is 23.7. The minimum absolute atomic E-state index is 0.135. The highest BCUT2D eigenvalue weighted by Crippen LogP contribution is 2.54. The van der Waals surface area contributed by atoms with Gasteiger partial charge in [0.1, 0.15) is 18.5 Å². The smallest absolute Gasteiger partial charge is 0.174 e. The van der Waals surface area contributed by atoms with Gasteiger partial charge in [-0.3, -0.25) is 4.84 Å². The topological polar surface area (TPSA) is 52.7 Å². The van der Waals surface area contributed by atoms with Crippen LogP contribution in [0.2, 0.25) is 0 Å². The lowest BCUT2D eigenvalue weighted by atomic mass is 9.66. The van der Waals surface area contributed by atoms with E-state index >= 15 is 0 Å². The Morgan fingerprint density at radius 2 is 1.58 bits per heavy atom. The number of nitrogens with zero attached hydrogens (tertiary/aromatic N) is 1. The SMILES string of the molecule is CCC1(CC)COC2(CC(C)(CC)N(OCCc3ccc(OCC4CO4)cc3)C(C)(CC)C2C)OC1. The van der Waals surface area contributed by atoms with Crippen molar-refractivity contribution in [3.8, 4) is 5.75 Å². The van der Waals surface area contributed by atoms with Gasteiger partial charge < -0.3 is 18.9 Å². The summed E-state index contributed by atoms with van der Waals surface area (Å²) in [5, 5.41) is 2.32. The number of ether oxygens (including phenoxy) is 4. The maximum Gasteiger partial charge on any atom is 0.174 e. The van der Waals surface area contributed by atoms with Crippen molar-refractivity contribution in [3.63, 3.8) is 0 Å². The Morgan fingerprint density at radius 3 is 2.11 bits per heavy atom. The van der Waals surface area contributed by atoms with E-state index in [1.807, 2.05) is 12.1 Å². The van der Waals surface area contributed by atoms with Crippen molar-refractivity contribution in [2.45, 2.75) is 110 Å². The molecule has 4 rings (SSSR count). The predicted octanol–water partition coefficient (Wildman–Crippen LogP) is 6.17. The van der Waals surface area contributed by atoms with Crippen molar-refractivity contribution in [1.82, 2.24) is 5.06 Å². The maximum absolute atomic E-state index is 6.76. The second-order valence-corrected chi connectivity index (χ2v) is 11.8. The summed E-state index contributed by atoms with van der Waals surface area (Å²) in [5.74, 6) is 0.503. The van der Waals surface area contributed by atoms with E-state index in [0.717, 1.165) is 64.1 Å². The van der Waals surface area contributed by atoms with Gasteiger partial charge in [0.25, 0.3) is 0 Å². The van der Waals surface area contributed by atoms with E-state index in [2.05, 4.69) is 65.7 Å². The summed E-state index contributed by atoms with van der Waals surface area (Å²) in [6.07, 6.45) is 6.03. The fraction of sp³-hybridized carbons (Fsp3) is 0.800. The summed E-state index contributed by atoms with van der Waals surface area (Å²) < 4.78 is 24.5. The molecule has 3 aliphatic rings. The molecule has 0 N–H and O–H groups in total. The molecule has 3 aliphatic heterocycles. The van der Waals surface area contributed by atoms with Gasteiger partial charge in [-0.05, 0) is 63.6 Å². The van der Waals surface area contributed by atoms with Crippen LogP contribution in [-0.2, 0) is 25.5 Å². The van der Waals surface area contributed by atoms with Crippen LogP contribution in [0.25, 0.3) is 0 Å². The van der Waals surface area contributed by atoms with Gasteiger partial charge in [0, 0.05) is 23.3 Å². The van der Waals surface area contributed by atoms with Crippen molar-refractivity contribution in [2.75, 3.05) is 33.0 Å². The van der Waals surface area contributed by atoms with Crippen LogP contribution >= 0.6 is 0 Å². The van der Waals surface area contributed by atoms with Crippen LogP contribution in [0, 0.1) is 11.3 Å². The summed E-state index contributed by atoms with van der Waals surface area (Å²) in [5.41, 5.74) is 0.996. The molecule has 6 heteroatoms. The molecule has 3 fully saturated rings. The van der Waals surface area contributed by atoms with Crippen molar-refractivity contribution < 1.29 is 23.8 Å². The summed E-state index contributed by atoms with van der Waals surface area (Å²) in [7, 11) is 0. The third kappa shape index (κ3) is 5.35. The van der Waals surface area contributed by atoms with E-state index in [0.29, 0.717) is 13.2 Å². The van der Waals surface area contributed by atoms with Crippen molar-refractivity contribution in [2.24, 2.45) is 11.3 Å². The molecule has 0 saturated carbocycles. The van der Waals surface area contributed by atoms with E-state index in [4.69, 9.17) is 23.8 Å². The number of benzene rings is 1. The number of piperidine rings is 1. The first-order valence-electron chi connectivity index (χ1n) is 14.2. The zero-order chi connectivity index (χ0) is 26.0. The van der Waals surface area contributed by atoms with Crippen molar-refractivity contribution in [1.29, 1.82) is 0 Å². The van der Waals surface area contributed by atoms with Gasteiger partial charge in [-0.15, -0.1) is 0 Å². The fourth-order valence-corrected chi connectivity index (χ4v) is 6.05. The Morgan fingerprint density at radius 1 is 0.944 bits per heavy atom. The molecule has 1 aromatic rings. The fourth-order valence-electron chi connectivity index (χ4n) is 6.05. The van der Waals surface area contributed by atoms with Crippen LogP contribution in [0.5, 0.6) is 5.75 Å². The van der Waals surface area contributed by atoms with Crippen molar-refractivity contribution in [3.05, 3.63) is 29.8 Å². The molecule has 3 heterocycles. The molecule has 36 heavy (non-hydrogen) atoms. The average molecular weight is 504 g/mol. The van der Waals surface area contributed by atoms with Crippen molar-refractivity contribution >= 4 is 0 Å². The normalized spacial score (nSPS) is 33.5. The molecule has 0 aromatic heterocycles. The molecule has 6 nitrogen and oxygen atoms in total. The van der Waals surface area contributed by atoms with Gasteiger partial charge in [-0.1, -0.05) is 46.8 Å². The first kappa shape index (κ1) is 27.8. The van der Waals surface area contributed by atoms with Crippen LogP contribution in [0.1, 0.15) is 86.1 Å². The van der Waals surface area contributed by atoms with Gasteiger partial charge in [0.2, 0.25) is 0 Å². The molecule has 0 amide bonds. The third-order valence-electron chi connectivity index (χ3n) is 9.77. The lowest BCUT2D eigenvalue weighted by molar-refractivity contribution is -0.410. The molecule has 4 unspecified atom stereocenters. The Kier molecular flexibility index (Phi) is 8.43. The van der Waals surface area contributed by atoms with E-state index in [1.165, 1.54) is 5.56 Å². The second kappa shape index (κ2) is 10.9. The summed E-state index contributed by atoms with van der Waals surface area (Å²) in [6.45, 7) is 19.6. The molecule has 0 bridgehead atoms. The number of hydrogen-bond donors (Lipinski definition) is 0. The average Bonchev–Trinajstić information content (AvgIpc) is 3.74. The van der Waals surface area contributed by atoms with Crippen LogP contribution in [0.3, 0.4) is 0 Å². The number of hydrogen-bond acceptors (Lipinski definition) is 6. The predicted molar refractivity (Wildman–Crippen MR) is 142 cm³/mol. The first-order chi connectivity index (χ1) is 17.2. The van der Waals surface area contributed by atoms with Crippen LogP contribution < -0.4 is 4.74 Å². The van der Waals surface area contributed by atoms with Gasteiger partial charge in [0.15, 0.2) is 5.79 Å². The lowest BCUT2D eigenvalue weighted by Crippen LogP contribution is -2.73. The molecule has 0 radical (unpaired) electrons. The highest BCUT2D eigenvalue weighted by molar-refractivity contribution is 5.27. The summed E-state index contributed by atoms with van der Waals surface area (Å²) in [4.78, 5) is 6.68. The molecular weight excluding hydrogens is 454 g/mol. The van der Waals surface area contributed by atoms with Gasteiger partial charge >= 0.3 is 0 Å². The van der Waals surface area contributed by atoms with Crippen LogP contribution in [0.15, 0.2) is 24.3 Å². The Labute approximate surface area is 218 Å². The van der Waals surface area contributed by atoms with E-state index in [-0.39, 0.29) is 28.5 Å². The monoisotopic (exact) mass is 503 g/mol. The Balaban J connectivity index is 1.43. The molecule has 4 atom stereocenters. The Bertz CT molecular complexity index is 841. The molecule has 204 valence electrons. The second-order valence-electron chi connectivity index (χ2n) is 11.8. The number of epoxide rings is 1. The lowest BCUT2D eigenvalue weighted by Gasteiger charge is -2.64. The zero-order valence-electron chi connectivity index (χ0n) is 23.7. The van der Waals surface area contributed by atoms with Gasteiger partial charge in [-0.25, -0.2) is 0 Å². The Hall–Kier alpha value is -1.18. The highest BCUT2D eigenvalue weighted by atomic mass is 16.7. The minimum atomic E-state index is -0.565. The van der Waals surface area contributed by atoms with Crippen LogP contribution in [-0.4, -0.2) is 61.1 Å². The number of hydroxylamine groups is 2. The third-order valence-corrected chi connectivity index (χ3v) is 9.77. The van der Waals surface area contributed by atoms with Gasteiger partial charge in [0.05, 0.1) is 32.0 Å². The number of rotatable bonds is 11. The minimum Gasteiger partial charge on any atom is -0.491 e. The first-order valence-corrected chi connectivity index (χ1v) is 14.2. The quantitative estimate of drug-likeness (QED) is 0.337. The summed E-state index contributed by atoms with van der Waals surface area (Å²) >= 11 is 0. The molecule has 1 aromatic carbocycles. The molecule has 3 saturated heterocycles. The largest absolute Gasteiger partial charge is 0.491 e. The van der Waals surface area contributed by atoms with E-state index < -0.39 is 5.79 Å². The molecular formula is C30H49NO5. The summed E-state index contributed by atoms with van der Waals surface area (Å²) in [6, 6.07) is 8.35. The standard InChI is InChI=1S/C30H49NO5/c1-8-27(6)20-30(34-21-29(10-3,11-4)22-35-30)23(5)28(7,9-2)31(27)36-17-16-24-12-14-25(15-13-24)32-18-26-19-33-26/h12-15,23,26H,8-11,16-22H2,1-7H3. The van der Waals surface area contributed by atoms with Crippen LogP contribution in [0.4, 0.5) is 0 Å². The van der Waals surface area contributed by atoms with E-state index in [1.54, 1.807) is 0 Å². The van der Waals surface area contributed by atoms with Gasteiger partial charge in [-0.2, -0.15) is 5.06 Å². The molecule has 1 spiro atoms. The molecule has 0 aliphatic carbocycles. The highest BCUT2D eigenvalue weighted by Gasteiger charge is 2.63.